The van der Waals surface area contributed by atoms with Crippen LogP contribution in [0.15, 0.2) is 12.3 Å². The standard InChI is InChI=1S/C13H17NO4/c1-4-11-10(13(16)18-6-3)7-9(8-14-11)12(15)17-5-2/h7-8H,4-6H2,1-3H3. The molecule has 0 unspecified atom stereocenters. The van der Waals surface area contributed by atoms with E-state index >= 15 is 0 Å². The predicted octanol–water partition coefficient (Wildman–Crippen LogP) is 2.00. The zero-order chi connectivity index (χ0) is 13.5. The van der Waals surface area contributed by atoms with Crippen LogP contribution in [0.4, 0.5) is 0 Å². The highest BCUT2D eigenvalue weighted by atomic mass is 16.5. The van der Waals surface area contributed by atoms with Crippen LogP contribution in [-0.2, 0) is 15.9 Å². The zero-order valence-electron chi connectivity index (χ0n) is 10.9. The van der Waals surface area contributed by atoms with Crippen LogP contribution < -0.4 is 0 Å². The largest absolute Gasteiger partial charge is 0.462 e. The van der Waals surface area contributed by atoms with Gasteiger partial charge in [-0.05, 0) is 26.3 Å². The predicted molar refractivity (Wildman–Crippen MR) is 65.5 cm³/mol. The van der Waals surface area contributed by atoms with Gasteiger partial charge < -0.3 is 9.47 Å². The van der Waals surface area contributed by atoms with E-state index in [1.807, 2.05) is 6.92 Å². The maximum atomic E-state index is 11.7. The third kappa shape index (κ3) is 3.29. The Bertz CT molecular complexity index is 443. The third-order valence-corrected chi connectivity index (χ3v) is 2.31. The van der Waals surface area contributed by atoms with Crippen molar-refractivity contribution in [1.29, 1.82) is 0 Å². The van der Waals surface area contributed by atoms with E-state index in [4.69, 9.17) is 9.47 Å². The van der Waals surface area contributed by atoms with E-state index in [9.17, 15) is 9.59 Å². The first-order valence-electron chi connectivity index (χ1n) is 5.97. The second-order valence-electron chi connectivity index (χ2n) is 3.51. The smallest absolute Gasteiger partial charge is 0.340 e. The highest BCUT2D eigenvalue weighted by Crippen LogP contribution is 2.12. The summed E-state index contributed by atoms with van der Waals surface area (Å²) in [5.41, 5.74) is 1.20. The Morgan fingerprint density at radius 3 is 2.28 bits per heavy atom. The van der Waals surface area contributed by atoms with E-state index < -0.39 is 11.9 Å². The fraction of sp³-hybridized carbons (Fsp3) is 0.462. The quantitative estimate of drug-likeness (QED) is 0.749. The Balaban J connectivity index is 3.09. The molecule has 0 bridgehead atoms. The molecule has 0 radical (unpaired) electrons. The minimum atomic E-state index is -0.488. The summed E-state index contributed by atoms with van der Waals surface area (Å²) in [5, 5.41) is 0. The van der Waals surface area contributed by atoms with Crippen LogP contribution in [0, 0.1) is 0 Å². The number of hydrogen-bond donors (Lipinski definition) is 0. The lowest BCUT2D eigenvalue weighted by atomic mass is 10.1. The molecule has 0 aliphatic carbocycles. The van der Waals surface area contributed by atoms with Crippen LogP contribution in [0.2, 0.25) is 0 Å². The maximum absolute atomic E-state index is 11.7. The topological polar surface area (TPSA) is 65.5 Å². The van der Waals surface area contributed by atoms with Gasteiger partial charge in [0.25, 0.3) is 0 Å². The van der Waals surface area contributed by atoms with Gasteiger partial charge >= 0.3 is 11.9 Å². The molecule has 1 aromatic heterocycles. The third-order valence-electron chi connectivity index (χ3n) is 2.31. The summed E-state index contributed by atoms with van der Waals surface area (Å²) in [4.78, 5) is 27.4. The summed E-state index contributed by atoms with van der Waals surface area (Å²) in [7, 11) is 0. The molecule has 18 heavy (non-hydrogen) atoms. The van der Waals surface area contributed by atoms with Crippen molar-refractivity contribution in [3.05, 3.63) is 29.1 Å². The zero-order valence-corrected chi connectivity index (χ0v) is 10.9. The lowest BCUT2D eigenvalue weighted by Gasteiger charge is -2.08. The normalized spacial score (nSPS) is 9.94. The number of aromatic nitrogens is 1. The highest BCUT2D eigenvalue weighted by Gasteiger charge is 2.17. The van der Waals surface area contributed by atoms with Crippen molar-refractivity contribution < 1.29 is 19.1 Å². The molecule has 0 aromatic carbocycles. The summed E-state index contributed by atoms with van der Waals surface area (Å²) in [5.74, 6) is -0.953. The second kappa shape index (κ2) is 6.74. The SMILES string of the molecule is CCOC(=O)c1cnc(CC)c(C(=O)OCC)c1. The molecule has 98 valence electrons. The van der Waals surface area contributed by atoms with Gasteiger partial charge in [-0.25, -0.2) is 9.59 Å². The van der Waals surface area contributed by atoms with Gasteiger partial charge in [0.15, 0.2) is 0 Å². The highest BCUT2D eigenvalue weighted by molar-refractivity contribution is 5.95. The first-order chi connectivity index (χ1) is 8.63. The Kier molecular flexibility index (Phi) is 5.30. The Morgan fingerprint density at radius 2 is 1.72 bits per heavy atom. The van der Waals surface area contributed by atoms with Crippen LogP contribution in [0.5, 0.6) is 0 Å². The second-order valence-corrected chi connectivity index (χ2v) is 3.51. The summed E-state index contributed by atoms with van der Waals surface area (Å²) in [6.45, 7) is 5.90. The summed E-state index contributed by atoms with van der Waals surface area (Å²) in [6, 6.07) is 1.47. The minimum absolute atomic E-state index is 0.261. The van der Waals surface area contributed by atoms with Crippen molar-refractivity contribution >= 4 is 11.9 Å². The Morgan fingerprint density at radius 1 is 1.11 bits per heavy atom. The van der Waals surface area contributed by atoms with Crippen LogP contribution >= 0.6 is 0 Å². The molecule has 0 atom stereocenters. The van der Waals surface area contributed by atoms with Crippen LogP contribution in [0.1, 0.15) is 47.2 Å². The molecule has 0 saturated carbocycles. The molecule has 1 rings (SSSR count). The molecule has 0 aliphatic rings. The van der Waals surface area contributed by atoms with Gasteiger partial charge in [0.1, 0.15) is 0 Å². The van der Waals surface area contributed by atoms with E-state index in [1.165, 1.54) is 12.3 Å². The van der Waals surface area contributed by atoms with Crippen molar-refractivity contribution in [2.45, 2.75) is 27.2 Å². The molecule has 5 heteroatoms. The molecule has 0 saturated heterocycles. The molecule has 0 aliphatic heterocycles. The summed E-state index contributed by atoms with van der Waals surface area (Å²) >= 11 is 0. The molecule has 0 spiro atoms. The average Bonchev–Trinajstić information content (AvgIpc) is 2.38. The monoisotopic (exact) mass is 251 g/mol. The van der Waals surface area contributed by atoms with E-state index in [2.05, 4.69) is 4.98 Å². The first-order valence-corrected chi connectivity index (χ1v) is 5.97. The van der Waals surface area contributed by atoms with Crippen molar-refractivity contribution in [3.8, 4) is 0 Å². The van der Waals surface area contributed by atoms with Crippen molar-refractivity contribution in [1.82, 2.24) is 4.98 Å². The number of esters is 2. The molecule has 0 amide bonds. The number of rotatable bonds is 5. The van der Waals surface area contributed by atoms with Gasteiger partial charge in [-0.2, -0.15) is 0 Å². The van der Waals surface area contributed by atoms with Crippen molar-refractivity contribution in [3.63, 3.8) is 0 Å². The van der Waals surface area contributed by atoms with E-state index in [0.29, 0.717) is 17.7 Å². The van der Waals surface area contributed by atoms with E-state index in [0.717, 1.165) is 0 Å². The van der Waals surface area contributed by atoms with Crippen LogP contribution in [0.3, 0.4) is 0 Å². The average molecular weight is 251 g/mol. The van der Waals surface area contributed by atoms with Crippen LogP contribution in [-0.4, -0.2) is 30.1 Å². The Hall–Kier alpha value is -1.91. The number of carbonyl (C=O) groups excluding carboxylic acids is 2. The number of carbonyl (C=O) groups is 2. The molecular formula is C13H17NO4. The number of aryl methyl sites for hydroxylation is 1. The molecule has 0 fully saturated rings. The van der Waals surface area contributed by atoms with Gasteiger partial charge in [0.2, 0.25) is 0 Å². The molecule has 5 nitrogen and oxygen atoms in total. The lowest BCUT2D eigenvalue weighted by molar-refractivity contribution is 0.0523. The maximum Gasteiger partial charge on any atom is 0.340 e. The molecular weight excluding hydrogens is 234 g/mol. The van der Waals surface area contributed by atoms with Crippen molar-refractivity contribution in [2.24, 2.45) is 0 Å². The van der Waals surface area contributed by atoms with Crippen molar-refractivity contribution in [2.75, 3.05) is 13.2 Å². The number of hydrogen-bond acceptors (Lipinski definition) is 5. The molecule has 1 heterocycles. The number of ether oxygens (including phenoxy) is 2. The minimum Gasteiger partial charge on any atom is -0.462 e. The van der Waals surface area contributed by atoms with Crippen LogP contribution in [0.25, 0.3) is 0 Å². The Labute approximate surface area is 106 Å². The van der Waals surface area contributed by atoms with E-state index in [-0.39, 0.29) is 18.8 Å². The molecule has 1 aromatic rings. The number of pyridine rings is 1. The number of nitrogens with zero attached hydrogens (tertiary/aromatic N) is 1. The summed E-state index contributed by atoms with van der Waals surface area (Å²) < 4.78 is 9.80. The summed E-state index contributed by atoms with van der Waals surface area (Å²) in [6.07, 6.45) is 2.01. The van der Waals surface area contributed by atoms with Gasteiger partial charge in [0.05, 0.1) is 30.0 Å². The lowest BCUT2D eigenvalue weighted by Crippen LogP contribution is -2.13. The fourth-order valence-corrected chi connectivity index (χ4v) is 1.49. The molecule has 0 N–H and O–H groups in total. The van der Waals surface area contributed by atoms with Gasteiger partial charge in [-0.3, -0.25) is 4.98 Å². The fourth-order valence-electron chi connectivity index (χ4n) is 1.49. The van der Waals surface area contributed by atoms with Gasteiger partial charge in [-0.15, -0.1) is 0 Å². The van der Waals surface area contributed by atoms with Gasteiger partial charge in [-0.1, -0.05) is 6.92 Å². The van der Waals surface area contributed by atoms with E-state index in [1.54, 1.807) is 13.8 Å². The first kappa shape index (κ1) is 14.2. The van der Waals surface area contributed by atoms with Gasteiger partial charge in [0, 0.05) is 6.20 Å².